The van der Waals surface area contributed by atoms with Crippen LogP contribution in [0.15, 0.2) is 84.9 Å². The molecule has 0 aromatic heterocycles. The standard InChI is InChI=1S/C29H30N2O/c1-30(2)24-14-9-22(10-15-24)26(23-11-16-25(17-12-23)31(3)4)18-19-28-27-8-6-5-7-21(27)13-20-29(28)32/h5-12,14-19H,13,20H2,1-4H3/b28-19+. The van der Waals surface area contributed by atoms with Crippen LogP contribution in [0.2, 0.25) is 0 Å². The third kappa shape index (κ3) is 4.52. The first-order valence-electron chi connectivity index (χ1n) is 11.0. The van der Waals surface area contributed by atoms with Gasteiger partial charge in [-0.1, -0.05) is 60.7 Å². The first-order chi connectivity index (χ1) is 15.4. The Kier molecular flexibility index (Phi) is 6.27. The third-order valence-electron chi connectivity index (χ3n) is 6.04. The molecule has 0 fully saturated rings. The Morgan fingerprint density at radius 2 is 1.25 bits per heavy atom. The average molecular weight is 423 g/mol. The van der Waals surface area contributed by atoms with Crippen LogP contribution in [0.4, 0.5) is 11.4 Å². The lowest BCUT2D eigenvalue weighted by molar-refractivity contribution is -0.113. The Hall–Kier alpha value is -3.59. The van der Waals surface area contributed by atoms with Gasteiger partial charge in [-0.3, -0.25) is 4.79 Å². The molecule has 0 amide bonds. The van der Waals surface area contributed by atoms with Crippen LogP contribution in [-0.4, -0.2) is 34.0 Å². The summed E-state index contributed by atoms with van der Waals surface area (Å²) in [4.78, 5) is 17.0. The van der Waals surface area contributed by atoms with Crippen LogP contribution < -0.4 is 9.80 Å². The molecule has 0 aliphatic heterocycles. The fraction of sp³-hybridized carbons (Fsp3) is 0.207. The summed E-state index contributed by atoms with van der Waals surface area (Å²) in [6, 6.07) is 25.4. The molecule has 0 radical (unpaired) electrons. The van der Waals surface area contributed by atoms with Crippen LogP contribution in [0.3, 0.4) is 0 Å². The van der Waals surface area contributed by atoms with Gasteiger partial charge in [0.15, 0.2) is 5.78 Å². The Morgan fingerprint density at radius 3 is 1.78 bits per heavy atom. The van der Waals surface area contributed by atoms with Gasteiger partial charge in [0.25, 0.3) is 0 Å². The molecular formula is C29H30N2O. The van der Waals surface area contributed by atoms with E-state index in [9.17, 15) is 4.79 Å². The van der Waals surface area contributed by atoms with Crippen molar-refractivity contribution in [3.05, 3.63) is 107 Å². The largest absolute Gasteiger partial charge is 0.378 e. The van der Waals surface area contributed by atoms with E-state index in [0.29, 0.717) is 6.42 Å². The lowest BCUT2D eigenvalue weighted by Crippen LogP contribution is -2.12. The summed E-state index contributed by atoms with van der Waals surface area (Å²) in [5, 5.41) is 0. The molecule has 0 N–H and O–H groups in total. The zero-order valence-corrected chi connectivity index (χ0v) is 19.3. The molecule has 162 valence electrons. The quantitative estimate of drug-likeness (QED) is 0.482. The van der Waals surface area contributed by atoms with Gasteiger partial charge in [-0.05, 0) is 58.5 Å². The summed E-state index contributed by atoms with van der Waals surface area (Å²) >= 11 is 0. The number of hydrogen-bond acceptors (Lipinski definition) is 3. The zero-order valence-electron chi connectivity index (χ0n) is 19.3. The molecule has 0 heterocycles. The summed E-state index contributed by atoms with van der Waals surface area (Å²) in [7, 11) is 8.18. The lowest BCUT2D eigenvalue weighted by Gasteiger charge is -2.18. The second-order valence-electron chi connectivity index (χ2n) is 8.62. The molecule has 3 aromatic rings. The van der Waals surface area contributed by atoms with E-state index in [0.717, 1.165) is 45.6 Å². The molecular weight excluding hydrogens is 392 g/mol. The van der Waals surface area contributed by atoms with Crippen molar-refractivity contribution in [2.75, 3.05) is 38.0 Å². The minimum Gasteiger partial charge on any atom is -0.378 e. The monoisotopic (exact) mass is 422 g/mol. The van der Waals surface area contributed by atoms with Gasteiger partial charge in [-0.2, -0.15) is 0 Å². The number of fused-ring (bicyclic) bond motifs is 1. The van der Waals surface area contributed by atoms with E-state index >= 15 is 0 Å². The number of carbonyl (C=O) groups excluding carboxylic acids is 1. The maximum Gasteiger partial charge on any atom is 0.163 e. The Balaban J connectivity index is 1.81. The van der Waals surface area contributed by atoms with E-state index in [2.05, 4.69) is 76.5 Å². The van der Waals surface area contributed by atoms with Gasteiger partial charge in [0.2, 0.25) is 0 Å². The van der Waals surface area contributed by atoms with Crippen molar-refractivity contribution >= 4 is 28.3 Å². The highest BCUT2D eigenvalue weighted by molar-refractivity contribution is 6.22. The van der Waals surface area contributed by atoms with E-state index in [1.165, 1.54) is 5.56 Å². The van der Waals surface area contributed by atoms with Gasteiger partial charge in [0, 0.05) is 51.6 Å². The Labute approximate surface area is 191 Å². The Morgan fingerprint density at radius 1 is 0.719 bits per heavy atom. The molecule has 3 nitrogen and oxygen atoms in total. The number of hydrogen-bond donors (Lipinski definition) is 0. The third-order valence-corrected chi connectivity index (χ3v) is 6.04. The van der Waals surface area contributed by atoms with Crippen molar-refractivity contribution in [1.29, 1.82) is 0 Å². The second kappa shape index (κ2) is 9.27. The summed E-state index contributed by atoms with van der Waals surface area (Å²) in [6.45, 7) is 0. The second-order valence-corrected chi connectivity index (χ2v) is 8.62. The molecule has 1 aliphatic rings. The van der Waals surface area contributed by atoms with Crippen LogP contribution >= 0.6 is 0 Å². The topological polar surface area (TPSA) is 23.6 Å². The average Bonchev–Trinajstić information content (AvgIpc) is 2.81. The number of carbonyl (C=O) groups is 1. The highest BCUT2D eigenvalue weighted by Gasteiger charge is 2.20. The van der Waals surface area contributed by atoms with Crippen LogP contribution in [0.1, 0.15) is 28.7 Å². The number of anilines is 2. The normalized spacial score (nSPS) is 14.1. The van der Waals surface area contributed by atoms with E-state index in [1.54, 1.807) is 0 Å². The summed E-state index contributed by atoms with van der Waals surface area (Å²) < 4.78 is 0. The molecule has 0 unspecified atom stereocenters. The van der Waals surface area contributed by atoms with E-state index in [1.807, 2.05) is 46.4 Å². The van der Waals surface area contributed by atoms with E-state index in [-0.39, 0.29) is 5.78 Å². The molecule has 0 bridgehead atoms. The van der Waals surface area contributed by atoms with Gasteiger partial charge in [-0.25, -0.2) is 0 Å². The first-order valence-corrected chi connectivity index (χ1v) is 11.0. The van der Waals surface area contributed by atoms with Crippen LogP contribution in [0.25, 0.3) is 11.1 Å². The number of ketones is 1. The summed E-state index contributed by atoms with van der Waals surface area (Å²) in [5.74, 6) is 0.213. The molecule has 0 atom stereocenters. The molecule has 0 spiro atoms. The predicted octanol–water partition coefficient (Wildman–Crippen LogP) is 5.85. The number of Topliss-reactive ketones (excluding diaryl/α,β-unsaturated/α-hetero) is 1. The molecule has 3 aromatic carbocycles. The van der Waals surface area contributed by atoms with Crippen LogP contribution in [-0.2, 0) is 11.2 Å². The molecule has 32 heavy (non-hydrogen) atoms. The van der Waals surface area contributed by atoms with Gasteiger partial charge < -0.3 is 9.80 Å². The summed E-state index contributed by atoms with van der Waals surface area (Å²) in [5.41, 5.74) is 8.78. The lowest BCUT2D eigenvalue weighted by atomic mass is 9.86. The van der Waals surface area contributed by atoms with Crippen molar-refractivity contribution in [3.8, 4) is 0 Å². The maximum atomic E-state index is 12.8. The SMILES string of the molecule is CN(C)c1ccc(C(=C/C=C2/C(=O)CCc3ccccc32)c2ccc(N(C)C)cc2)cc1. The molecule has 3 heteroatoms. The minimum absolute atomic E-state index is 0.213. The molecule has 4 rings (SSSR count). The number of nitrogens with zero attached hydrogens (tertiary/aromatic N) is 2. The van der Waals surface area contributed by atoms with Crippen molar-refractivity contribution in [2.45, 2.75) is 12.8 Å². The van der Waals surface area contributed by atoms with Crippen molar-refractivity contribution < 1.29 is 4.79 Å². The smallest absolute Gasteiger partial charge is 0.163 e. The van der Waals surface area contributed by atoms with Gasteiger partial charge in [0.05, 0.1) is 0 Å². The number of aryl methyl sites for hydroxylation is 1. The molecule has 0 saturated heterocycles. The van der Waals surface area contributed by atoms with Gasteiger partial charge >= 0.3 is 0 Å². The molecule has 0 saturated carbocycles. The maximum absolute atomic E-state index is 12.8. The highest BCUT2D eigenvalue weighted by atomic mass is 16.1. The predicted molar refractivity (Wildman–Crippen MR) is 136 cm³/mol. The highest BCUT2D eigenvalue weighted by Crippen LogP contribution is 2.31. The van der Waals surface area contributed by atoms with Crippen molar-refractivity contribution in [3.63, 3.8) is 0 Å². The van der Waals surface area contributed by atoms with Crippen LogP contribution in [0, 0.1) is 0 Å². The Bertz CT molecular complexity index is 1110. The minimum atomic E-state index is 0.213. The first kappa shape index (κ1) is 21.6. The van der Waals surface area contributed by atoms with E-state index < -0.39 is 0 Å². The van der Waals surface area contributed by atoms with Gasteiger partial charge in [-0.15, -0.1) is 0 Å². The zero-order chi connectivity index (χ0) is 22.7. The fourth-order valence-corrected chi connectivity index (χ4v) is 4.12. The van der Waals surface area contributed by atoms with Crippen molar-refractivity contribution in [2.24, 2.45) is 0 Å². The van der Waals surface area contributed by atoms with Crippen molar-refractivity contribution in [1.82, 2.24) is 0 Å². The fourth-order valence-electron chi connectivity index (χ4n) is 4.12. The van der Waals surface area contributed by atoms with Crippen LogP contribution in [0.5, 0.6) is 0 Å². The van der Waals surface area contributed by atoms with E-state index in [4.69, 9.17) is 0 Å². The number of rotatable bonds is 5. The summed E-state index contributed by atoms with van der Waals surface area (Å²) in [6.07, 6.45) is 5.50. The number of benzene rings is 3. The van der Waals surface area contributed by atoms with Gasteiger partial charge in [0.1, 0.15) is 0 Å². The number of allylic oxidation sites excluding steroid dienone is 3. The molecule has 1 aliphatic carbocycles.